The van der Waals surface area contributed by atoms with Crippen molar-refractivity contribution in [3.63, 3.8) is 0 Å². The largest absolute Gasteiger partial charge is 0.497 e. The predicted octanol–water partition coefficient (Wildman–Crippen LogP) is 3.71. The number of ether oxygens (including phenoxy) is 4. The second-order valence-electron chi connectivity index (χ2n) is 5.13. The fourth-order valence-corrected chi connectivity index (χ4v) is 2.29. The standard InChI is InChI=1S/C18H20O4/c1-19-16-7-3-14(4-8-16)13-22-17-9-5-15(6-10-17)18-20-11-2-12-21-18/h3-10,18H,2,11-13H2,1H3. The van der Waals surface area contributed by atoms with Crippen molar-refractivity contribution in [1.82, 2.24) is 0 Å². The maximum Gasteiger partial charge on any atom is 0.183 e. The minimum Gasteiger partial charge on any atom is -0.497 e. The van der Waals surface area contributed by atoms with E-state index in [1.165, 1.54) is 0 Å². The number of hydrogen-bond acceptors (Lipinski definition) is 4. The molecule has 0 bridgehead atoms. The zero-order valence-electron chi connectivity index (χ0n) is 12.7. The summed E-state index contributed by atoms with van der Waals surface area (Å²) in [4.78, 5) is 0. The predicted molar refractivity (Wildman–Crippen MR) is 83.0 cm³/mol. The van der Waals surface area contributed by atoms with Gasteiger partial charge in [0.05, 0.1) is 20.3 Å². The number of benzene rings is 2. The number of rotatable bonds is 5. The first-order valence-electron chi connectivity index (χ1n) is 7.44. The van der Waals surface area contributed by atoms with E-state index in [1.54, 1.807) is 7.11 Å². The van der Waals surface area contributed by atoms with Gasteiger partial charge in [-0.1, -0.05) is 24.3 Å². The fourth-order valence-electron chi connectivity index (χ4n) is 2.29. The molecule has 0 spiro atoms. The van der Waals surface area contributed by atoms with Crippen LogP contribution in [-0.2, 0) is 16.1 Å². The Morgan fingerprint density at radius 2 is 1.55 bits per heavy atom. The minimum absolute atomic E-state index is 0.246. The van der Waals surface area contributed by atoms with Gasteiger partial charge < -0.3 is 18.9 Å². The van der Waals surface area contributed by atoms with Crippen LogP contribution in [0.2, 0.25) is 0 Å². The summed E-state index contributed by atoms with van der Waals surface area (Å²) in [6.07, 6.45) is 0.712. The van der Waals surface area contributed by atoms with Crippen molar-refractivity contribution in [2.45, 2.75) is 19.3 Å². The molecular formula is C18H20O4. The molecule has 0 amide bonds. The zero-order valence-corrected chi connectivity index (χ0v) is 12.7. The molecule has 0 saturated carbocycles. The first kappa shape index (κ1) is 14.9. The molecule has 0 radical (unpaired) electrons. The van der Waals surface area contributed by atoms with Crippen molar-refractivity contribution in [3.8, 4) is 11.5 Å². The SMILES string of the molecule is COc1ccc(COc2ccc(C3OCCCO3)cc2)cc1. The van der Waals surface area contributed by atoms with Crippen molar-refractivity contribution < 1.29 is 18.9 Å². The van der Waals surface area contributed by atoms with E-state index in [-0.39, 0.29) is 6.29 Å². The zero-order chi connectivity index (χ0) is 15.2. The van der Waals surface area contributed by atoms with Crippen LogP contribution in [0.1, 0.15) is 23.8 Å². The first-order chi connectivity index (χ1) is 10.8. The van der Waals surface area contributed by atoms with Gasteiger partial charge in [0, 0.05) is 5.56 Å². The quantitative estimate of drug-likeness (QED) is 0.843. The van der Waals surface area contributed by atoms with Gasteiger partial charge in [-0.15, -0.1) is 0 Å². The van der Waals surface area contributed by atoms with Crippen LogP contribution in [0.15, 0.2) is 48.5 Å². The van der Waals surface area contributed by atoms with Crippen molar-refractivity contribution >= 4 is 0 Å². The Kier molecular flexibility index (Phi) is 4.93. The second kappa shape index (κ2) is 7.29. The van der Waals surface area contributed by atoms with Gasteiger partial charge in [0.15, 0.2) is 6.29 Å². The van der Waals surface area contributed by atoms with Crippen molar-refractivity contribution in [1.29, 1.82) is 0 Å². The maximum absolute atomic E-state index is 5.79. The third-order valence-electron chi connectivity index (χ3n) is 3.54. The highest BCUT2D eigenvalue weighted by Crippen LogP contribution is 2.25. The van der Waals surface area contributed by atoms with Crippen LogP contribution in [-0.4, -0.2) is 20.3 Å². The van der Waals surface area contributed by atoms with E-state index in [9.17, 15) is 0 Å². The van der Waals surface area contributed by atoms with Gasteiger partial charge in [-0.3, -0.25) is 0 Å². The summed E-state index contributed by atoms with van der Waals surface area (Å²) in [5.74, 6) is 1.68. The van der Waals surface area contributed by atoms with Gasteiger partial charge in [-0.05, 0) is 36.2 Å². The molecule has 2 aromatic carbocycles. The molecule has 22 heavy (non-hydrogen) atoms. The monoisotopic (exact) mass is 300 g/mol. The summed E-state index contributed by atoms with van der Waals surface area (Å²) in [7, 11) is 1.66. The Hall–Kier alpha value is -2.04. The average molecular weight is 300 g/mol. The minimum atomic E-state index is -0.246. The van der Waals surface area contributed by atoms with Gasteiger partial charge >= 0.3 is 0 Å². The smallest absolute Gasteiger partial charge is 0.183 e. The lowest BCUT2D eigenvalue weighted by Gasteiger charge is -2.23. The van der Waals surface area contributed by atoms with Gasteiger partial charge in [-0.25, -0.2) is 0 Å². The molecule has 0 unspecified atom stereocenters. The van der Waals surface area contributed by atoms with Crippen molar-refractivity contribution in [2.75, 3.05) is 20.3 Å². The second-order valence-corrected chi connectivity index (χ2v) is 5.13. The molecule has 116 valence electrons. The van der Waals surface area contributed by atoms with E-state index in [0.29, 0.717) is 6.61 Å². The molecule has 0 N–H and O–H groups in total. The Balaban J connectivity index is 1.56. The molecule has 0 aliphatic carbocycles. The van der Waals surface area contributed by atoms with Gasteiger partial charge in [0.2, 0.25) is 0 Å². The van der Waals surface area contributed by atoms with E-state index in [4.69, 9.17) is 18.9 Å². The third kappa shape index (κ3) is 3.78. The van der Waals surface area contributed by atoms with E-state index < -0.39 is 0 Å². The highest BCUT2D eigenvalue weighted by molar-refractivity contribution is 5.30. The molecule has 4 heteroatoms. The summed E-state index contributed by atoms with van der Waals surface area (Å²) in [6, 6.07) is 15.7. The molecule has 4 nitrogen and oxygen atoms in total. The molecule has 1 fully saturated rings. The number of methoxy groups -OCH3 is 1. The van der Waals surface area contributed by atoms with E-state index >= 15 is 0 Å². The molecule has 1 aliphatic rings. The molecule has 3 rings (SSSR count). The first-order valence-corrected chi connectivity index (χ1v) is 7.44. The summed E-state index contributed by atoms with van der Waals surface area (Å²) in [6.45, 7) is 2.03. The molecule has 1 aliphatic heterocycles. The summed E-state index contributed by atoms with van der Waals surface area (Å²) in [5, 5.41) is 0. The van der Waals surface area contributed by atoms with Crippen LogP contribution >= 0.6 is 0 Å². The summed E-state index contributed by atoms with van der Waals surface area (Å²) < 4.78 is 22.1. The molecule has 0 aromatic heterocycles. The van der Waals surface area contributed by atoms with Crippen LogP contribution in [0.5, 0.6) is 11.5 Å². The molecule has 1 saturated heterocycles. The topological polar surface area (TPSA) is 36.9 Å². The van der Waals surface area contributed by atoms with Crippen LogP contribution in [0.4, 0.5) is 0 Å². The van der Waals surface area contributed by atoms with Crippen LogP contribution in [0, 0.1) is 0 Å². The molecule has 0 atom stereocenters. The highest BCUT2D eigenvalue weighted by atomic mass is 16.7. The average Bonchev–Trinajstić information content (AvgIpc) is 2.61. The highest BCUT2D eigenvalue weighted by Gasteiger charge is 2.16. The molecular weight excluding hydrogens is 280 g/mol. The van der Waals surface area contributed by atoms with Crippen molar-refractivity contribution in [2.24, 2.45) is 0 Å². The lowest BCUT2D eigenvalue weighted by Crippen LogP contribution is -2.17. The lowest BCUT2D eigenvalue weighted by atomic mass is 10.2. The van der Waals surface area contributed by atoms with E-state index in [2.05, 4.69) is 0 Å². The van der Waals surface area contributed by atoms with Gasteiger partial charge in [-0.2, -0.15) is 0 Å². The van der Waals surface area contributed by atoms with Crippen LogP contribution in [0.3, 0.4) is 0 Å². The van der Waals surface area contributed by atoms with Crippen molar-refractivity contribution in [3.05, 3.63) is 59.7 Å². The van der Waals surface area contributed by atoms with E-state index in [1.807, 2.05) is 48.5 Å². The fraction of sp³-hybridized carbons (Fsp3) is 0.333. The van der Waals surface area contributed by atoms with Gasteiger partial charge in [0.1, 0.15) is 18.1 Å². The maximum atomic E-state index is 5.79. The Morgan fingerprint density at radius 3 is 2.18 bits per heavy atom. The third-order valence-corrected chi connectivity index (χ3v) is 3.54. The molecule has 2 aromatic rings. The Bertz CT molecular complexity index is 571. The molecule has 1 heterocycles. The van der Waals surface area contributed by atoms with Crippen LogP contribution < -0.4 is 9.47 Å². The van der Waals surface area contributed by atoms with Crippen LogP contribution in [0.25, 0.3) is 0 Å². The summed E-state index contributed by atoms with van der Waals surface area (Å²) in [5.41, 5.74) is 2.13. The lowest BCUT2D eigenvalue weighted by molar-refractivity contribution is -0.183. The Labute approximate surface area is 130 Å². The summed E-state index contributed by atoms with van der Waals surface area (Å²) >= 11 is 0. The number of hydrogen-bond donors (Lipinski definition) is 0. The van der Waals surface area contributed by atoms with Gasteiger partial charge in [0.25, 0.3) is 0 Å². The normalized spacial score (nSPS) is 15.5. The Morgan fingerprint density at radius 1 is 0.909 bits per heavy atom. The van der Waals surface area contributed by atoms with E-state index in [0.717, 1.165) is 42.3 Å².